The summed E-state index contributed by atoms with van der Waals surface area (Å²) in [6, 6.07) is 7.07. The molecule has 2 rings (SSSR count). The summed E-state index contributed by atoms with van der Waals surface area (Å²) in [5.74, 6) is 0. The molecule has 5 heteroatoms. The molecule has 1 fully saturated rings. The highest BCUT2D eigenvalue weighted by Gasteiger charge is 2.33. The number of rotatable bonds is 2. The highest BCUT2D eigenvalue weighted by molar-refractivity contribution is 9.10. The highest BCUT2D eigenvalue weighted by Crippen LogP contribution is 2.29. The van der Waals surface area contributed by atoms with Crippen LogP contribution in [0.4, 0.5) is 0 Å². The van der Waals surface area contributed by atoms with Crippen molar-refractivity contribution in [3.63, 3.8) is 0 Å². The van der Waals surface area contributed by atoms with Crippen LogP contribution in [0, 0.1) is 0 Å². The van der Waals surface area contributed by atoms with Crippen LogP contribution in [0.25, 0.3) is 0 Å². The molecule has 1 atom stereocenters. The lowest BCUT2D eigenvalue weighted by Gasteiger charge is -2.21. The third-order valence-electron chi connectivity index (χ3n) is 2.92. The molecule has 16 heavy (non-hydrogen) atoms. The van der Waals surface area contributed by atoms with Crippen LogP contribution in [0.1, 0.15) is 19.8 Å². The normalized spacial score (nSPS) is 22.5. The average molecular weight is 304 g/mol. The Labute approximate surface area is 105 Å². The second-order valence-corrected chi connectivity index (χ2v) is 6.75. The van der Waals surface area contributed by atoms with Crippen molar-refractivity contribution in [3.8, 4) is 0 Å². The zero-order valence-electron chi connectivity index (χ0n) is 9.06. The number of sulfonamides is 1. The zero-order chi connectivity index (χ0) is 11.8. The summed E-state index contributed by atoms with van der Waals surface area (Å²) < 4.78 is 26.9. The third kappa shape index (κ3) is 2.04. The molecule has 1 unspecified atom stereocenters. The first-order valence-corrected chi connectivity index (χ1v) is 7.53. The van der Waals surface area contributed by atoms with E-state index in [2.05, 4.69) is 15.9 Å². The molecule has 0 bridgehead atoms. The van der Waals surface area contributed by atoms with E-state index in [1.807, 2.05) is 13.0 Å². The first-order valence-electron chi connectivity index (χ1n) is 5.30. The van der Waals surface area contributed by atoms with Gasteiger partial charge in [-0.2, -0.15) is 4.31 Å². The van der Waals surface area contributed by atoms with Crippen molar-refractivity contribution >= 4 is 26.0 Å². The fraction of sp³-hybridized carbons (Fsp3) is 0.455. The van der Waals surface area contributed by atoms with Crippen molar-refractivity contribution in [1.82, 2.24) is 4.31 Å². The van der Waals surface area contributed by atoms with Crippen molar-refractivity contribution < 1.29 is 8.42 Å². The second kappa shape index (κ2) is 4.47. The number of benzene rings is 1. The fourth-order valence-corrected chi connectivity index (χ4v) is 4.71. The van der Waals surface area contributed by atoms with Crippen LogP contribution in [-0.4, -0.2) is 25.3 Å². The molecule has 0 aromatic heterocycles. The van der Waals surface area contributed by atoms with E-state index in [0.717, 1.165) is 12.8 Å². The molecule has 1 aromatic rings. The van der Waals surface area contributed by atoms with Crippen LogP contribution in [0.2, 0.25) is 0 Å². The van der Waals surface area contributed by atoms with Crippen molar-refractivity contribution in [2.75, 3.05) is 6.54 Å². The molecular formula is C11H14BrNO2S. The standard InChI is InChI=1S/C11H14BrNO2S/c1-9-5-4-8-13(9)16(14,15)11-7-3-2-6-10(11)12/h2-3,6-7,9H,4-5,8H2,1H3. The molecule has 1 aromatic carbocycles. The summed E-state index contributed by atoms with van der Waals surface area (Å²) in [7, 11) is -3.33. The average Bonchev–Trinajstić information content (AvgIpc) is 2.65. The Morgan fingerprint density at radius 1 is 1.38 bits per heavy atom. The minimum absolute atomic E-state index is 0.108. The number of halogens is 1. The molecule has 0 spiro atoms. The Kier molecular flexibility index (Phi) is 3.37. The maximum absolute atomic E-state index is 12.4. The van der Waals surface area contributed by atoms with E-state index in [9.17, 15) is 8.42 Å². The van der Waals surface area contributed by atoms with Gasteiger partial charge in [-0.15, -0.1) is 0 Å². The number of hydrogen-bond donors (Lipinski definition) is 0. The topological polar surface area (TPSA) is 37.4 Å². The largest absolute Gasteiger partial charge is 0.244 e. The second-order valence-electron chi connectivity index (χ2n) is 4.04. The molecule has 1 saturated heterocycles. The Bertz CT molecular complexity index is 487. The van der Waals surface area contributed by atoms with E-state index < -0.39 is 10.0 Å². The van der Waals surface area contributed by atoms with Crippen LogP contribution in [0.15, 0.2) is 33.6 Å². The van der Waals surface area contributed by atoms with Crippen LogP contribution in [0.5, 0.6) is 0 Å². The van der Waals surface area contributed by atoms with Crippen LogP contribution < -0.4 is 0 Å². The molecule has 1 aliphatic heterocycles. The Balaban J connectivity index is 2.43. The summed E-state index contributed by atoms with van der Waals surface area (Å²) >= 11 is 3.29. The van der Waals surface area contributed by atoms with Gasteiger partial charge >= 0.3 is 0 Å². The zero-order valence-corrected chi connectivity index (χ0v) is 11.5. The van der Waals surface area contributed by atoms with Crippen LogP contribution >= 0.6 is 15.9 Å². The lowest BCUT2D eigenvalue weighted by atomic mass is 10.3. The van der Waals surface area contributed by atoms with E-state index in [4.69, 9.17) is 0 Å². The van der Waals surface area contributed by atoms with Crippen molar-refractivity contribution in [1.29, 1.82) is 0 Å². The van der Waals surface area contributed by atoms with Gasteiger partial charge in [-0.25, -0.2) is 8.42 Å². The molecule has 0 saturated carbocycles. The Hall–Kier alpha value is -0.390. The minimum Gasteiger partial charge on any atom is -0.207 e. The van der Waals surface area contributed by atoms with Crippen LogP contribution in [0.3, 0.4) is 0 Å². The van der Waals surface area contributed by atoms with E-state index in [1.165, 1.54) is 0 Å². The van der Waals surface area contributed by atoms with Gasteiger partial charge in [0.15, 0.2) is 0 Å². The van der Waals surface area contributed by atoms with Crippen molar-refractivity contribution in [3.05, 3.63) is 28.7 Å². The minimum atomic E-state index is -3.33. The van der Waals surface area contributed by atoms with Gasteiger partial charge in [-0.05, 0) is 47.8 Å². The van der Waals surface area contributed by atoms with E-state index >= 15 is 0 Å². The van der Waals surface area contributed by atoms with Gasteiger partial charge in [0.05, 0.1) is 4.90 Å². The Morgan fingerprint density at radius 3 is 2.62 bits per heavy atom. The Morgan fingerprint density at radius 2 is 2.06 bits per heavy atom. The molecule has 1 heterocycles. The first-order chi connectivity index (χ1) is 7.53. The SMILES string of the molecule is CC1CCCN1S(=O)(=O)c1ccccc1Br. The number of nitrogens with zero attached hydrogens (tertiary/aromatic N) is 1. The molecule has 0 N–H and O–H groups in total. The first kappa shape index (κ1) is 12.1. The van der Waals surface area contributed by atoms with Gasteiger partial charge < -0.3 is 0 Å². The smallest absolute Gasteiger partial charge is 0.207 e. The maximum Gasteiger partial charge on any atom is 0.244 e. The molecule has 88 valence electrons. The third-order valence-corrected chi connectivity index (χ3v) is 5.94. The summed E-state index contributed by atoms with van der Waals surface area (Å²) in [5, 5.41) is 0. The number of hydrogen-bond acceptors (Lipinski definition) is 2. The summed E-state index contributed by atoms with van der Waals surface area (Å²) in [6.45, 7) is 2.59. The summed E-state index contributed by atoms with van der Waals surface area (Å²) in [6.07, 6.45) is 1.90. The van der Waals surface area contributed by atoms with Gasteiger partial charge in [0, 0.05) is 17.1 Å². The predicted molar refractivity (Wildman–Crippen MR) is 66.7 cm³/mol. The van der Waals surface area contributed by atoms with Crippen molar-refractivity contribution in [2.24, 2.45) is 0 Å². The molecule has 0 aliphatic carbocycles. The molecule has 0 radical (unpaired) electrons. The van der Waals surface area contributed by atoms with Gasteiger partial charge in [0.25, 0.3) is 0 Å². The monoisotopic (exact) mass is 303 g/mol. The lowest BCUT2D eigenvalue weighted by molar-refractivity contribution is 0.408. The molecule has 1 aliphatic rings. The van der Waals surface area contributed by atoms with Gasteiger partial charge in [-0.1, -0.05) is 12.1 Å². The van der Waals surface area contributed by atoms with E-state index in [0.29, 0.717) is 15.9 Å². The maximum atomic E-state index is 12.4. The lowest BCUT2D eigenvalue weighted by Crippen LogP contribution is -2.33. The molecular weight excluding hydrogens is 290 g/mol. The molecule has 0 amide bonds. The molecule has 3 nitrogen and oxygen atoms in total. The summed E-state index contributed by atoms with van der Waals surface area (Å²) in [4.78, 5) is 0.365. The summed E-state index contributed by atoms with van der Waals surface area (Å²) in [5.41, 5.74) is 0. The fourth-order valence-electron chi connectivity index (χ4n) is 2.04. The van der Waals surface area contributed by atoms with Crippen LogP contribution in [-0.2, 0) is 10.0 Å². The van der Waals surface area contributed by atoms with E-state index in [-0.39, 0.29) is 6.04 Å². The predicted octanol–water partition coefficient (Wildman–Crippen LogP) is 2.62. The van der Waals surface area contributed by atoms with Gasteiger partial charge in [-0.3, -0.25) is 0 Å². The van der Waals surface area contributed by atoms with Crippen molar-refractivity contribution in [2.45, 2.75) is 30.7 Å². The van der Waals surface area contributed by atoms with Gasteiger partial charge in [0.2, 0.25) is 10.0 Å². The van der Waals surface area contributed by atoms with Gasteiger partial charge in [0.1, 0.15) is 0 Å². The highest BCUT2D eigenvalue weighted by atomic mass is 79.9. The van der Waals surface area contributed by atoms with E-state index in [1.54, 1.807) is 22.5 Å². The quantitative estimate of drug-likeness (QED) is 0.842.